The van der Waals surface area contributed by atoms with Gasteiger partial charge in [-0.25, -0.2) is 4.79 Å². The number of aryl methyl sites for hydroxylation is 1. The number of nitrogens with one attached hydrogen (secondary N) is 1. The zero-order valence-electron chi connectivity index (χ0n) is 12.2. The molecule has 1 aromatic carbocycles. The van der Waals surface area contributed by atoms with Gasteiger partial charge in [0.05, 0.1) is 13.0 Å². The molecule has 21 heavy (non-hydrogen) atoms. The molecule has 1 spiro atoms. The number of alkyl carbamates (subject to hydrolysis) is 1. The zero-order valence-corrected chi connectivity index (χ0v) is 12.2. The molecule has 0 saturated carbocycles. The minimum Gasteiger partial charge on any atom is -0.441 e. The molecule has 3 rings (SSSR count). The second-order valence-corrected chi connectivity index (χ2v) is 5.97. The molecule has 2 aliphatic rings. The molecule has 2 fully saturated rings. The van der Waals surface area contributed by atoms with Crippen molar-refractivity contribution >= 4 is 12.0 Å². The number of benzene rings is 1. The lowest BCUT2D eigenvalue weighted by atomic mass is 9.91. The standard InChI is InChI=1S/C16H20N2O3/c1-12-2-4-13(5-3-12)10-14(19)18-8-6-16(7-9-18)11-17-15(20)21-16/h2-5H,6-11H2,1H3,(H,17,20). The summed E-state index contributed by atoms with van der Waals surface area (Å²) in [5.74, 6) is 0.144. The summed E-state index contributed by atoms with van der Waals surface area (Å²) in [5.41, 5.74) is 1.85. The number of carbonyl (C=O) groups is 2. The van der Waals surface area contributed by atoms with E-state index in [2.05, 4.69) is 5.32 Å². The average molecular weight is 288 g/mol. The third-order valence-corrected chi connectivity index (χ3v) is 4.37. The molecule has 5 heteroatoms. The first-order valence-electron chi connectivity index (χ1n) is 7.37. The maximum atomic E-state index is 12.3. The number of nitrogens with zero attached hydrogens (tertiary/aromatic N) is 1. The molecular weight excluding hydrogens is 268 g/mol. The maximum Gasteiger partial charge on any atom is 0.407 e. The quantitative estimate of drug-likeness (QED) is 0.900. The number of piperidine rings is 1. The molecule has 2 amide bonds. The van der Waals surface area contributed by atoms with Gasteiger partial charge < -0.3 is 15.0 Å². The molecule has 1 aromatic rings. The van der Waals surface area contributed by atoms with Gasteiger partial charge in [0.2, 0.25) is 5.91 Å². The number of likely N-dealkylation sites (tertiary alicyclic amines) is 1. The Hall–Kier alpha value is -2.04. The molecule has 112 valence electrons. The van der Waals surface area contributed by atoms with Crippen LogP contribution in [0.4, 0.5) is 4.79 Å². The fourth-order valence-corrected chi connectivity index (χ4v) is 2.94. The highest BCUT2D eigenvalue weighted by atomic mass is 16.6. The van der Waals surface area contributed by atoms with Gasteiger partial charge in [0.25, 0.3) is 0 Å². The Balaban J connectivity index is 1.55. The van der Waals surface area contributed by atoms with Crippen LogP contribution in [-0.2, 0) is 16.0 Å². The summed E-state index contributed by atoms with van der Waals surface area (Å²) < 4.78 is 5.36. The molecule has 0 bridgehead atoms. The zero-order chi connectivity index (χ0) is 14.9. The van der Waals surface area contributed by atoms with E-state index in [1.54, 1.807) is 0 Å². The third kappa shape index (κ3) is 3.01. The summed E-state index contributed by atoms with van der Waals surface area (Å²) in [6.07, 6.45) is 1.52. The third-order valence-electron chi connectivity index (χ3n) is 4.37. The number of hydrogen-bond donors (Lipinski definition) is 1. The van der Waals surface area contributed by atoms with Gasteiger partial charge in [-0.3, -0.25) is 4.79 Å². The highest BCUT2D eigenvalue weighted by molar-refractivity contribution is 5.79. The number of rotatable bonds is 2. The minimum atomic E-state index is -0.391. The van der Waals surface area contributed by atoms with E-state index in [9.17, 15) is 9.59 Å². The van der Waals surface area contributed by atoms with Crippen molar-refractivity contribution in [1.82, 2.24) is 10.2 Å². The summed E-state index contributed by atoms with van der Waals surface area (Å²) in [6, 6.07) is 8.05. The number of amides is 2. The Morgan fingerprint density at radius 1 is 1.29 bits per heavy atom. The van der Waals surface area contributed by atoms with Crippen molar-refractivity contribution < 1.29 is 14.3 Å². The Morgan fingerprint density at radius 3 is 2.52 bits per heavy atom. The Labute approximate surface area is 124 Å². The van der Waals surface area contributed by atoms with Gasteiger partial charge in [0.1, 0.15) is 5.60 Å². The second kappa shape index (κ2) is 5.39. The molecule has 0 unspecified atom stereocenters. The molecule has 5 nitrogen and oxygen atoms in total. The molecular formula is C16H20N2O3. The fourth-order valence-electron chi connectivity index (χ4n) is 2.94. The van der Waals surface area contributed by atoms with Crippen LogP contribution in [0, 0.1) is 6.92 Å². The Kier molecular flexibility index (Phi) is 3.57. The van der Waals surface area contributed by atoms with Crippen molar-refractivity contribution in [2.24, 2.45) is 0 Å². The number of ether oxygens (including phenoxy) is 1. The van der Waals surface area contributed by atoms with Crippen LogP contribution >= 0.6 is 0 Å². The largest absolute Gasteiger partial charge is 0.441 e. The molecule has 2 aliphatic heterocycles. The minimum absolute atomic E-state index is 0.144. The molecule has 0 aromatic heterocycles. The van der Waals surface area contributed by atoms with Crippen molar-refractivity contribution in [2.45, 2.75) is 31.8 Å². The SMILES string of the molecule is Cc1ccc(CC(=O)N2CCC3(CC2)CNC(=O)O3)cc1. The Morgan fingerprint density at radius 2 is 1.95 bits per heavy atom. The van der Waals surface area contributed by atoms with Gasteiger partial charge in [0, 0.05) is 25.9 Å². The topological polar surface area (TPSA) is 58.6 Å². The van der Waals surface area contributed by atoms with Crippen LogP contribution < -0.4 is 5.32 Å². The van der Waals surface area contributed by atoms with Crippen LogP contribution in [0.15, 0.2) is 24.3 Å². The lowest BCUT2D eigenvalue weighted by molar-refractivity contribution is -0.133. The van der Waals surface area contributed by atoms with E-state index in [0.717, 1.165) is 5.56 Å². The first-order valence-corrected chi connectivity index (χ1v) is 7.37. The van der Waals surface area contributed by atoms with E-state index in [0.29, 0.717) is 38.9 Å². The fraction of sp³-hybridized carbons (Fsp3) is 0.500. The van der Waals surface area contributed by atoms with Crippen molar-refractivity contribution in [3.8, 4) is 0 Å². The predicted molar refractivity (Wildman–Crippen MR) is 77.9 cm³/mol. The van der Waals surface area contributed by atoms with Crippen molar-refractivity contribution in [1.29, 1.82) is 0 Å². The summed E-state index contributed by atoms with van der Waals surface area (Å²) >= 11 is 0. The molecule has 2 saturated heterocycles. The average Bonchev–Trinajstić information content (AvgIpc) is 2.83. The predicted octanol–water partition coefficient (Wildman–Crippen LogP) is 1.64. The van der Waals surface area contributed by atoms with Gasteiger partial charge in [-0.15, -0.1) is 0 Å². The second-order valence-electron chi connectivity index (χ2n) is 5.97. The van der Waals surface area contributed by atoms with Crippen molar-refractivity contribution in [3.05, 3.63) is 35.4 Å². The van der Waals surface area contributed by atoms with E-state index in [1.165, 1.54) is 5.56 Å². The van der Waals surface area contributed by atoms with Crippen LogP contribution in [0.25, 0.3) is 0 Å². The highest BCUT2D eigenvalue weighted by Gasteiger charge is 2.43. The van der Waals surface area contributed by atoms with E-state index >= 15 is 0 Å². The maximum absolute atomic E-state index is 12.3. The Bertz CT molecular complexity index is 545. The summed E-state index contributed by atoms with van der Waals surface area (Å²) in [5, 5.41) is 2.70. The smallest absolute Gasteiger partial charge is 0.407 e. The van der Waals surface area contributed by atoms with Gasteiger partial charge in [-0.2, -0.15) is 0 Å². The van der Waals surface area contributed by atoms with E-state index in [-0.39, 0.29) is 12.0 Å². The van der Waals surface area contributed by atoms with E-state index in [1.807, 2.05) is 36.1 Å². The van der Waals surface area contributed by atoms with Crippen molar-refractivity contribution in [3.63, 3.8) is 0 Å². The van der Waals surface area contributed by atoms with Crippen LogP contribution in [0.5, 0.6) is 0 Å². The highest BCUT2D eigenvalue weighted by Crippen LogP contribution is 2.29. The molecule has 0 aliphatic carbocycles. The van der Waals surface area contributed by atoms with Crippen LogP contribution in [0.1, 0.15) is 24.0 Å². The molecule has 0 radical (unpaired) electrons. The number of hydrogen-bond acceptors (Lipinski definition) is 3. The van der Waals surface area contributed by atoms with Crippen molar-refractivity contribution in [2.75, 3.05) is 19.6 Å². The molecule has 0 atom stereocenters. The monoisotopic (exact) mass is 288 g/mol. The van der Waals surface area contributed by atoms with Gasteiger partial charge >= 0.3 is 6.09 Å². The normalized spacial score (nSPS) is 20.2. The van der Waals surface area contributed by atoms with Gasteiger partial charge in [0.15, 0.2) is 0 Å². The van der Waals surface area contributed by atoms with Crippen LogP contribution in [0.3, 0.4) is 0 Å². The lowest BCUT2D eigenvalue weighted by Crippen LogP contribution is -2.48. The van der Waals surface area contributed by atoms with E-state index in [4.69, 9.17) is 4.74 Å². The van der Waals surface area contributed by atoms with Gasteiger partial charge in [-0.05, 0) is 12.5 Å². The van der Waals surface area contributed by atoms with Crippen LogP contribution in [-0.4, -0.2) is 42.1 Å². The molecule has 1 N–H and O–H groups in total. The summed E-state index contributed by atoms with van der Waals surface area (Å²) in [6.45, 7) is 3.90. The lowest BCUT2D eigenvalue weighted by Gasteiger charge is -2.37. The van der Waals surface area contributed by atoms with E-state index < -0.39 is 5.60 Å². The first-order chi connectivity index (χ1) is 10.1. The van der Waals surface area contributed by atoms with Gasteiger partial charge in [-0.1, -0.05) is 29.8 Å². The summed E-state index contributed by atoms with van der Waals surface area (Å²) in [4.78, 5) is 25.4. The summed E-state index contributed by atoms with van der Waals surface area (Å²) in [7, 11) is 0. The first kappa shape index (κ1) is 13.9. The molecule has 2 heterocycles. The van der Waals surface area contributed by atoms with Crippen LogP contribution in [0.2, 0.25) is 0 Å². The number of carbonyl (C=O) groups excluding carboxylic acids is 2.